The van der Waals surface area contributed by atoms with E-state index in [0.29, 0.717) is 12.2 Å². The third-order valence-electron chi connectivity index (χ3n) is 2.88. The molecule has 0 atom stereocenters. The van der Waals surface area contributed by atoms with Gasteiger partial charge in [-0.3, -0.25) is 10.1 Å². The zero-order valence-corrected chi connectivity index (χ0v) is 13.0. The Labute approximate surface area is 123 Å². The number of rotatable bonds is 4. The Balaban J connectivity index is 2.23. The van der Waals surface area contributed by atoms with Crippen molar-refractivity contribution in [2.45, 2.75) is 20.4 Å². The van der Waals surface area contributed by atoms with Crippen molar-refractivity contribution in [1.29, 1.82) is 0 Å². The molecule has 1 N–H and O–H groups in total. The maximum Gasteiger partial charge on any atom is 0.292 e. The highest BCUT2D eigenvalue weighted by molar-refractivity contribution is 9.10. The highest BCUT2D eigenvalue weighted by Crippen LogP contribution is 2.29. The minimum absolute atomic E-state index is 0.124. The fourth-order valence-electron chi connectivity index (χ4n) is 1.72. The lowest BCUT2D eigenvalue weighted by Gasteiger charge is -2.08. The topological polar surface area (TPSA) is 55.2 Å². The van der Waals surface area contributed by atoms with Crippen LogP contribution in [0.1, 0.15) is 16.0 Å². The van der Waals surface area contributed by atoms with Crippen LogP contribution >= 0.6 is 27.3 Å². The summed E-state index contributed by atoms with van der Waals surface area (Å²) in [5.74, 6) is 0. The van der Waals surface area contributed by atoms with E-state index in [1.807, 2.05) is 31.4 Å². The summed E-state index contributed by atoms with van der Waals surface area (Å²) in [6.45, 7) is 4.41. The molecule has 0 saturated heterocycles. The van der Waals surface area contributed by atoms with Gasteiger partial charge in [-0.2, -0.15) is 0 Å². The molecule has 0 bridgehead atoms. The van der Waals surface area contributed by atoms with Gasteiger partial charge in [0.15, 0.2) is 0 Å². The van der Waals surface area contributed by atoms with Crippen molar-refractivity contribution in [2.24, 2.45) is 0 Å². The zero-order chi connectivity index (χ0) is 14.0. The van der Waals surface area contributed by atoms with Crippen molar-refractivity contribution < 1.29 is 4.92 Å². The summed E-state index contributed by atoms with van der Waals surface area (Å²) in [4.78, 5) is 11.8. The van der Waals surface area contributed by atoms with Gasteiger partial charge >= 0.3 is 0 Å². The van der Waals surface area contributed by atoms with E-state index in [0.717, 1.165) is 20.5 Å². The van der Waals surface area contributed by atoms with Gasteiger partial charge in [0.25, 0.3) is 5.69 Å². The number of hydrogen-bond acceptors (Lipinski definition) is 4. The molecule has 2 rings (SSSR count). The lowest BCUT2D eigenvalue weighted by atomic mass is 10.1. The van der Waals surface area contributed by atoms with Gasteiger partial charge in [0, 0.05) is 27.3 Å². The summed E-state index contributed by atoms with van der Waals surface area (Å²) < 4.78 is 1.03. The first kappa shape index (κ1) is 14.0. The number of nitro groups is 1. The normalized spacial score (nSPS) is 10.5. The number of thiophene rings is 1. The fourth-order valence-corrected chi connectivity index (χ4v) is 3.11. The third kappa shape index (κ3) is 3.33. The third-order valence-corrected chi connectivity index (χ3v) is 4.58. The molecule has 0 aliphatic rings. The predicted octanol–water partition coefficient (Wildman–Crippen LogP) is 4.65. The van der Waals surface area contributed by atoms with Gasteiger partial charge in [-0.1, -0.05) is 0 Å². The molecule has 0 saturated carbocycles. The molecule has 1 heterocycles. The number of aryl methyl sites for hydroxylation is 2. The van der Waals surface area contributed by atoms with Gasteiger partial charge in [0.05, 0.1) is 4.92 Å². The smallest absolute Gasteiger partial charge is 0.292 e. The first-order valence-electron chi connectivity index (χ1n) is 5.70. The van der Waals surface area contributed by atoms with E-state index >= 15 is 0 Å². The van der Waals surface area contributed by atoms with Gasteiger partial charge in [-0.15, -0.1) is 11.3 Å². The van der Waals surface area contributed by atoms with Crippen molar-refractivity contribution >= 4 is 38.6 Å². The molecule has 1 aromatic heterocycles. The molecule has 100 valence electrons. The molecular weight excluding hydrogens is 328 g/mol. The van der Waals surface area contributed by atoms with Gasteiger partial charge < -0.3 is 5.32 Å². The van der Waals surface area contributed by atoms with Gasteiger partial charge in [0.2, 0.25) is 0 Å². The molecular formula is C13H13BrN2O2S. The summed E-state index contributed by atoms with van der Waals surface area (Å²) in [6.07, 6.45) is 0. The van der Waals surface area contributed by atoms with E-state index in [-0.39, 0.29) is 10.6 Å². The van der Waals surface area contributed by atoms with E-state index in [9.17, 15) is 10.1 Å². The minimum atomic E-state index is -0.348. The molecule has 0 radical (unpaired) electrons. The Bertz CT molecular complexity index is 625. The van der Waals surface area contributed by atoms with Crippen LogP contribution in [0.25, 0.3) is 0 Å². The SMILES string of the molecule is Cc1cc(NCc2cc(Br)cs2)c([N+](=O)[O-])cc1C. The number of nitro benzene ring substituents is 1. The van der Waals surface area contributed by atoms with Gasteiger partial charge in [0.1, 0.15) is 5.69 Å². The number of hydrogen-bond donors (Lipinski definition) is 1. The molecule has 0 amide bonds. The number of anilines is 1. The molecule has 19 heavy (non-hydrogen) atoms. The Morgan fingerprint density at radius 2 is 2.00 bits per heavy atom. The van der Waals surface area contributed by atoms with E-state index < -0.39 is 0 Å². The summed E-state index contributed by atoms with van der Waals surface area (Å²) in [7, 11) is 0. The summed E-state index contributed by atoms with van der Waals surface area (Å²) in [5.41, 5.74) is 2.66. The van der Waals surface area contributed by atoms with Crippen LogP contribution in [-0.2, 0) is 6.54 Å². The van der Waals surface area contributed by atoms with Crippen LogP contribution in [0.15, 0.2) is 28.1 Å². The second kappa shape index (κ2) is 5.71. The van der Waals surface area contributed by atoms with Crippen molar-refractivity contribution in [3.8, 4) is 0 Å². The molecule has 6 heteroatoms. The van der Waals surface area contributed by atoms with Crippen LogP contribution < -0.4 is 5.32 Å². The predicted molar refractivity (Wildman–Crippen MR) is 81.9 cm³/mol. The highest BCUT2D eigenvalue weighted by Gasteiger charge is 2.15. The summed E-state index contributed by atoms with van der Waals surface area (Å²) >= 11 is 5.00. The Hall–Kier alpha value is -1.40. The lowest BCUT2D eigenvalue weighted by molar-refractivity contribution is -0.384. The Kier molecular flexibility index (Phi) is 4.21. The fraction of sp³-hybridized carbons (Fsp3) is 0.231. The standard InChI is InChI=1S/C13H13BrN2O2S/c1-8-3-12(13(16(17)18)4-9(8)2)15-6-11-5-10(14)7-19-11/h3-5,7,15H,6H2,1-2H3. The zero-order valence-electron chi connectivity index (χ0n) is 10.6. The van der Waals surface area contributed by atoms with Crippen LogP contribution in [0.5, 0.6) is 0 Å². The van der Waals surface area contributed by atoms with Crippen molar-refractivity contribution in [3.05, 3.63) is 54.2 Å². The van der Waals surface area contributed by atoms with Crippen LogP contribution in [0.3, 0.4) is 0 Å². The lowest BCUT2D eigenvalue weighted by Crippen LogP contribution is -2.02. The quantitative estimate of drug-likeness (QED) is 0.651. The molecule has 0 fully saturated rings. The first-order chi connectivity index (χ1) is 8.97. The number of benzene rings is 1. The Morgan fingerprint density at radius 1 is 1.32 bits per heavy atom. The molecule has 2 aromatic rings. The number of halogens is 1. The second-order valence-electron chi connectivity index (χ2n) is 4.30. The minimum Gasteiger partial charge on any atom is -0.375 e. The summed E-state index contributed by atoms with van der Waals surface area (Å²) in [5, 5.41) is 16.2. The van der Waals surface area contributed by atoms with Crippen molar-refractivity contribution in [3.63, 3.8) is 0 Å². The average Bonchev–Trinajstić information content (AvgIpc) is 2.76. The average molecular weight is 341 g/mol. The molecule has 0 aliphatic heterocycles. The van der Waals surface area contributed by atoms with Gasteiger partial charge in [-0.25, -0.2) is 0 Å². The summed E-state index contributed by atoms with van der Waals surface area (Å²) in [6, 6.07) is 5.45. The van der Waals surface area contributed by atoms with Gasteiger partial charge in [-0.05, 0) is 53.0 Å². The van der Waals surface area contributed by atoms with Crippen LogP contribution in [0.4, 0.5) is 11.4 Å². The highest BCUT2D eigenvalue weighted by atomic mass is 79.9. The molecule has 0 aliphatic carbocycles. The second-order valence-corrected chi connectivity index (χ2v) is 6.21. The van der Waals surface area contributed by atoms with E-state index in [4.69, 9.17) is 0 Å². The van der Waals surface area contributed by atoms with Crippen molar-refractivity contribution in [1.82, 2.24) is 0 Å². The van der Waals surface area contributed by atoms with E-state index in [2.05, 4.69) is 21.2 Å². The number of nitrogens with zero attached hydrogens (tertiary/aromatic N) is 1. The monoisotopic (exact) mass is 340 g/mol. The van der Waals surface area contributed by atoms with Crippen LogP contribution in [0, 0.1) is 24.0 Å². The Morgan fingerprint density at radius 3 is 2.58 bits per heavy atom. The maximum atomic E-state index is 11.1. The maximum absolute atomic E-state index is 11.1. The van der Waals surface area contributed by atoms with Crippen LogP contribution in [0.2, 0.25) is 0 Å². The largest absolute Gasteiger partial charge is 0.375 e. The van der Waals surface area contributed by atoms with E-state index in [1.165, 1.54) is 0 Å². The van der Waals surface area contributed by atoms with Crippen LogP contribution in [-0.4, -0.2) is 4.92 Å². The first-order valence-corrected chi connectivity index (χ1v) is 7.37. The van der Waals surface area contributed by atoms with Crippen molar-refractivity contribution in [2.75, 3.05) is 5.32 Å². The molecule has 0 spiro atoms. The molecule has 0 unspecified atom stereocenters. The molecule has 4 nitrogen and oxygen atoms in total. The molecule has 1 aromatic carbocycles. The van der Waals surface area contributed by atoms with E-state index in [1.54, 1.807) is 17.4 Å². The number of nitrogens with one attached hydrogen (secondary N) is 1.